The Balaban J connectivity index is 3.72. The van der Waals surface area contributed by atoms with E-state index >= 15 is 0 Å². The molecule has 0 fully saturated rings. The van der Waals surface area contributed by atoms with Crippen LogP contribution in [0.2, 0.25) is 0 Å². The summed E-state index contributed by atoms with van der Waals surface area (Å²) in [6.45, 7) is 10.1. The molecule has 0 aliphatic carbocycles. The second-order valence-corrected chi connectivity index (χ2v) is 3.89. The van der Waals surface area contributed by atoms with Gasteiger partial charge in [-0.2, -0.15) is 0 Å². The fourth-order valence-corrected chi connectivity index (χ4v) is 1.40. The van der Waals surface area contributed by atoms with Gasteiger partial charge in [0.1, 0.15) is 0 Å². The van der Waals surface area contributed by atoms with Gasteiger partial charge in [0.05, 0.1) is 12.6 Å². The molecule has 0 aromatic carbocycles. The van der Waals surface area contributed by atoms with Gasteiger partial charge in [-0.05, 0) is 26.7 Å². The molecule has 1 amide bonds. The number of ether oxygens (including phenoxy) is 1. The fraction of sp³-hybridized carbons (Fsp3) is 0.917. The molecule has 0 aromatic heterocycles. The van der Waals surface area contributed by atoms with Gasteiger partial charge in [-0.15, -0.1) is 0 Å². The average molecular weight is 230 g/mol. The number of hydrogen-bond donors (Lipinski definition) is 2. The molecular weight excluding hydrogens is 204 g/mol. The van der Waals surface area contributed by atoms with E-state index in [1.165, 1.54) is 0 Å². The first kappa shape index (κ1) is 15.4. The zero-order valence-electron chi connectivity index (χ0n) is 11.0. The van der Waals surface area contributed by atoms with E-state index in [0.717, 1.165) is 19.4 Å². The summed E-state index contributed by atoms with van der Waals surface area (Å²) < 4.78 is 5.19. The molecule has 0 spiro atoms. The van der Waals surface area contributed by atoms with Crippen LogP contribution in [0.5, 0.6) is 0 Å². The molecule has 96 valence electrons. The first-order chi connectivity index (χ1) is 7.65. The average Bonchev–Trinajstić information content (AvgIpc) is 2.30. The van der Waals surface area contributed by atoms with E-state index in [0.29, 0.717) is 19.2 Å². The van der Waals surface area contributed by atoms with Crippen molar-refractivity contribution < 1.29 is 9.53 Å². The number of carbonyl (C=O) groups excluding carboxylic acids is 1. The lowest BCUT2D eigenvalue weighted by Gasteiger charge is -2.19. The van der Waals surface area contributed by atoms with E-state index in [1.807, 2.05) is 13.8 Å². The topological polar surface area (TPSA) is 50.4 Å². The molecular formula is C12H26N2O2. The van der Waals surface area contributed by atoms with Crippen molar-refractivity contribution in [3.05, 3.63) is 0 Å². The van der Waals surface area contributed by atoms with E-state index in [4.69, 9.17) is 4.74 Å². The van der Waals surface area contributed by atoms with Gasteiger partial charge < -0.3 is 15.4 Å². The van der Waals surface area contributed by atoms with Crippen LogP contribution < -0.4 is 10.6 Å². The molecule has 0 heterocycles. The maximum Gasteiger partial charge on any atom is 0.237 e. The SMILES string of the molecule is CCOCCNC(C)C(=O)NC(CC)CC. The lowest BCUT2D eigenvalue weighted by atomic mass is 10.1. The molecule has 4 nitrogen and oxygen atoms in total. The Morgan fingerprint density at radius 2 is 1.88 bits per heavy atom. The van der Waals surface area contributed by atoms with Crippen LogP contribution in [0.15, 0.2) is 0 Å². The summed E-state index contributed by atoms with van der Waals surface area (Å²) in [4.78, 5) is 11.7. The van der Waals surface area contributed by atoms with Crippen LogP contribution in [-0.2, 0) is 9.53 Å². The van der Waals surface area contributed by atoms with Crippen LogP contribution in [0.25, 0.3) is 0 Å². The minimum Gasteiger partial charge on any atom is -0.380 e. The number of nitrogens with one attached hydrogen (secondary N) is 2. The summed E-state index contributed by atoms with van der Waals surface area (Å²) in [7, 11) is 0. The molecule has 0 rings (SSSR count). The van der Waals surface area contributed by atoms with Crippen LogP contribution in [0.3, 0.4) is 0 Å². The molecule has 0 saturated carbocycles. The van der Waals surface area contributed by atoms with Gasteiger partial charge in [0.25, 0.3) is 0 Å². The highest BCUT2D eigenvalue weighted by molar-refractivity contribution is 5.81. The smallest absolute Gasteiger partial charge is 0.237 e. The maximum atomic E-state index is 11.7. The molecule has 0 saturated heterocycles. The standard InChI is InChI=1S/C12H26N2O2/c1-5-11(6-2)14-12(15)10(4)13-8-9-16-7-3/h10-11,13H,5-9H2,1-4H3,(H,14,15). The number of hydrogen-bond acceptors (Lipinski definition) is 3. The van der Waals surface area contributed by atoms with Gasteiger partial charge in [0.2, 0.25) is 5.91 Å². The highest BCUT2D eigenvalue weighted by Gasteiger charge is 2.14. The molecule has 16 heavy (non-hydrogen) atoms. The Hall–Kier alpha value is -0.610. The Kier molecular flexibility index (Phi) is 9.24. The van der Waals surface area contributed by atoms with Gasteiger partial charge in [0.15, 0.2) is 0 Å². The maximum absolute atomic E-state index is 11.7. The van der Waals surface area contributed by atoms with E-state index < -0.39 is 0 Å². The van der Waals surface area contributed by atoms with Crippen LogP contribution in [-0.4, -0.2) is 37.7 Å². The molecule has 0 bridgehead atoms. The fourth-order valence-electron chi connectivity index (χ4n) is 1.40. The Morgan fingerprint density at radius 1 is 1.25 bits per heavy atom. The zero-order chi connectivity index (χ0) is 12.4. The molecule has 0 aliphatic rings. The highest BCUT2D eigenvalue weighted by Crippen LogP contribution is 1.96. The van der Waals surface area contributed by atoms with Crippen LogP contribution >= 0.6 is 0 Å². The Labute approximate surface area is 99.1 Å². The lowest BCUT2D eigenvalue weighted by Crippen LogP contribution is -2.46. The summed E-state index contributed by atoms with van der Waals surface area (Å²) in [6.07, 6.45) is 1.96. The van der Waals surface area contributed by atoms with Crippen molar-refractivity contribution in [2.75, 3.05) is 19.8 Å². The molecule has 2 N–H and O–H groups in total. The number of amides is 1. The van der Waals surface area contributed by atoms with Gasteiger partial charge in [-0.25, -0.2) is 0 Å². The largest absolute Gasteiger partial charge is 0.380 e. The third-order valence-electron chi connectivity index (χ3n) is 2.63. The third kappa shape index (κ3) is 6.80. The Morgan fingerprint density at radius 3 is 2.38 bits per heavy atom. The van der Waals surface area contributed by atoms with Crippen LogP contribution in [0.4, 0.5) is 0 Å². The molecule has 1 unspecified atom stereocenters. The molecule has 1 atom stereocenters. The minimum atomic E-state index is -0.152. The van der Waals surface area contributed by atoms with E-state index in [2.05, 4.69) is 24.5 Å². The van der Waals surface area contributed by atoms with E-state index in [1.54, 1.807) is 0 Å². The predicted molar refractivity (Wildman–Crippen MR) is 66.5 cm³/mol. The van der Waals surface area contributed by atoms with Crippen molar-refractivity contribution in [2.24, 2.45) is 0 Å². The summed E-state index contributed by atoms with van der Waals surface area (Å²) in [5.41, 5.74) is 0. The van der Waals surface area contributed by atoms with Crippen molar-refractivity contribution in [1.82, 2.24) is 10.6 Å². The van der Waals surface area contributed by atoms with Crippen molar-refractivity contribution in [3.63, 3.8) is 0 Å². The van der Waals surface area contributed by atoms with Crippen molar-refractivity contribution >= 4 is 5.91 Å². The molecule has 0 aromatic rings. The second kappa shape index (κ2) is 9.60. The quantitative estimate of drug-likeness (QED) is 0.587. The predicted octanol–water partition coefficient (Wildman–Crippen LogP) is 1.31. The zero-order valence-corrected chi connectivity index (χ0v) is 11.0. The highest BCUT2D eigenvalue weighted by atomic mass is 16.5. The molecule has 4 heteroatoms. The number of rotatable bonds is 9. The summed E-state index contributed by atoms with van der Waals surface area (Å²) in [5, 5.41) is 6.15. The van der Waals surface area contributed by atoms with Crippen molar-refractivity contribution in [3.8, 4) is 0 Å². The normalized spacial score (nSPS) is 12.8. The summed E-state index contributed by atoms with van der Waals surface area (Å²) in [6, 6.07) is 0.143. The monoisotopic (exact) mass is 230 g/mol. The van der Waals surface area contributed by atoms with Crippen molar-refractivity contribution in [1.29, 1.82) is 0 Å². The van der Waals surface area contributed by atoms with E-state index in [9.17, 15) is 4.79 Å². The number of carbonyl (C=O) groups is 1. The van der Waals surface area contributed by atoms with Crippen LogP contribution in [0, 0.1) is 0 Å². The lowest BCUT2D eigenvalue weighted by molar-refractivity contribution is -0.123. The van der Waals surface area contributed by atoms with Gasteiger partial charge >= 0.3 is 0 Å². The second-order valence-electron chi connectivity index (χ2n) is 3.89. The van der Waals surface area contributed by atoms with E-state index in [-0.39, 0.29) is 11.9 Å². The minimum absolute atomic E-state index is 0.0743. The van der Waals surface area contributed by atoms with Gasteiger partial charge in [-0.1, -0.05) is 13.8 Å². The first-order valence-electron chi connectivity index (χ1n) is 6.27. The van der Waals surface area contributed by atoms with Gasteiger partial charge in [0, 0.05) is 19.2 Å². The summed E-state index contributed by atoms with van der Waals surface area (Å²) >= 11 is 0. The van der Waals surface area contributed by atoms with Crippen molar-refractivity contribution in [2.45, 2.75) is 52.6 Å². The molecule has 0 aliphatic heterocycles. The molecule has 0 radical (unpaired) electrons. The Bertz CT molecular complexity index is 182. The summed E-state index contributed by atoms with van der Waals surface area (Å²) in [5.74, 6) is 0.0743. The third-order valence-corrected chi connectivity index (χ3v) is 2.63. The van der Waals surface area contributed by atoms with Crippen LogP contribution in [0.1, 0.15) is 40.5 Å². The first-order valence-corrected chi connectivity index (χ1v) is 6.27. The van der Waals surface area contributed by atoms with Gasteiger partial charge in [-0.3, -0.25) is 4.79 Å².